The van der Waals surface area contributed by atoms with E-state index in [1.807, 2.05) is 48.5 Å². The summed E-state index contributed by atoms with van der Waals surface area (Å²) in [4.78, 5) is 18.2. The van der Waals surface area contributed by atoms with Gasteiger partial charge in [0, 0.05) is 18.6 Å². The first-order chi connectivity index (χ1) is 11.1. The summed E-state index contributed by atoms with van der Waals surface area (Å²) in [7, 11) is 1.78. The van der Waals surface area contributed by atoms with E-state index in [0.29, 0.717) is 16.8 Å². The Morgan fingerprint density at radius 3 is 2.70 bits per heavy atom. The van der Waals surface area contributed by atoms with Crippen LogP contribution in [0.3, 0.4) is 0 Å². The Kier molecular flexibility index (Phi) is 4.88. The van der Waals surface area contributed by atoms with Gasteiger partial charge in [-0.1, -0.05) is 47.6 Å². The Hall–Kier alpha value is -1.98. The molecule has 4 nitrogen and oxygen atoms in total. The minimum absolute atomic E-state index is 0.0206. The number of benzene rings is 2. The number of carbonyl (C=O) groups excluding carboxylic acids is 1. The smallest absolute Gasteiger partial charge is 0.257 e. The van der Waals surface area contributed by atoms with Gasteiger partial charge in [-0.15, -0.1) is 0 Å². The van der Waals surface area contributed by atoms with E-state index in [4.69, 9.17) is 16.0 Å². The molecule has 1 heterocycles. The lowest BCUT2D eigenvalue weighted by molar-refractivity contribution is -0.127. The van der Waals surface area contributed by atoms with Crippen molar-refractivity contribution in [2.24, 2.45) is 0 Å². The first-order valence-electron chi connectivity index (χ1n) is 7.08. The molecule has 0 saturated carbocycles. The number of nitrogens with zero attached hydrogens (tertiary/aromatic N) is 2. The molecule has 3 aromatic rings. The number of carbonyl (C=O) groups is 1. The van der Waals surface area contributed by atoms with Crippen molar-refractivity contribution < 1.29 is 9.21 Å². The second-order valence-electron chi connectivity index (χ2n) is 5.11. The van der Waals surface area contributed by atoms with Crippen LogP contribution in [0.5, 0.6) is 0 Å². The molecule has 0 spiro atoms. The lowest BCUT2D eigenvalue weighted by Crippen LogP contribution is -2.27. The van der Waals surface area contributed by atoms with Crippen molar-refractivity contribution in [3.63, 3.8) is 0 Å². The zero-order valence-electron chi connectivity index (χ0n) is 12.5. The van der Waals surface area contributed by atoms with Gasteiger partial charge < -0.3 is 9.32 Å². The summed E-state index contributed by atoms with van der Waals surface area (Å²) in [5.41, 5.74) is 2.58. The molecule has 0 fully saturated rings. The van der Waals surface area contributed by atoms with Crippen LogP contribution in [0.4, 0.5) is 0 Å². The SMILES string of the molecule is CN(Cc1ccc(Cl)cc1)C(=O)CSc1nc2ccccc2o1. The van der Waals surface area contributed by atoms with Gasteiger partial charge in [0.1, 0.15) is 5.52 Å². The minimum Gasteiger partial charge on any atom is -0.431 e. The maximum atomic E-state index is 12.2. The van der Waals surface area contributed by atoms with Crippen LogP contribution < -0.4 is 0 Å². The van der Waals surface area contributed by atoms with Crippen LogP contribution in [0.15, 0.2) is 58.2 Å². The molecular weight excluding hydrogens is 332 g/mol. The fourth-order valence-corrected chi connectivity index (χ4v) is 3.00. The third kappa shape index (κ3) is 4.06. The molecule has 0 N–H and O–H groups in total. The number of para-hydroxylation sites is 2. The summed E-state index contributed by atoms with van der Waals surface area (Å²) in [6.07, 6.45) is 0. The number of fused-ring (bicyclic) bond motifs is 1. The molecule has 2 aromatic carbocycles. The van der Waals surface area contributed by atoms with Crippen LogP contribution in [0.2, 0.25) is 5.02 Å². The van der Waals surface area contributed by atoms with Crippen LogP contribution >= 0.6 is 23.4 Å². The summed E-state index contributed by atoms with van der Waals surface area (Å²) in [6, 6.07) is 15.0. The first-order valence-corrected chi connectivity index (χ1v) is 8.45. The van der Waals surface area contributed by atoms with E-state index in [1.54, 1.807) is 11.9 Å². The summed E-state index contributed by atoms with van der Waals surface area (Å²) in [6.45, 7) is 0.546. The van der Waals surface area contributed by atoms with Gasteiger partial charge in [0.2, 0.25) is 5.91 Å². The zero-order valence-corrected chi connectivity index (χ0v) is 14.1. The van der Waals surface area contributed by atoms with Crippen molar-refractivity contribution in [3.8, 4) is 0 Å². The highest BCUT2D eigenvalue weighted by Gasteiger charge is 2.13. The molecule has 0 radical (unpaired) electrons. The maximum Gasteiger partial charge on any atom is 0.257 e. The Bertz CT molecular complexity index is 784. The zero-order chi connectivity index (χ0) is 16.2. The molecule has 0 aliphatic rings. The van der Waals surface area contributed by atoms with E-state index < -0.39 is 0 Å². The molecule has 23 heavy (non-hydrogen) atoms. The monoisotopic (exact) mass is 346 g/mol. The minimum atomic E-state index is 0.0206. The van der Waals surface area contributed by atoms with Gasteiger partial charge in [0.15, 0.2) is 5.58 Å². The number of oxazole rings is 1. The number of halogens is 1. The molecule has 1 amide bonds. The molecule has 0 aliphatic heterocycles. The van der Waals surface area contributed by atoms with E-state index in [1.165, 1.54) is 11.8 Å². The standard InChI is InChI=1S/C17H15ClN2O2S/c1-20(10-12-6-8-13(18)9-7-12)16(21)11-23-17-19-14-4-2-3-5-15(14)22-17/h2-9H,10-11H2,1H3. The Morgan fingerprint density at radius 1 is 1.22 bits per heavy atom. The molecule has 0 bridgehead atoms. The molecule has 118 valence electrons. The molecule has 3 rings (SSSR count). The lowest BCUT2D eigenvalue weighted by Gasteiger charge is -2.16. The van der Waals surface area contributed by atoms with Crippen molar-refractivity contribution in [1.82, 2.24) is 9.88 Å². The topological polar surface area (TPSA) is 46.3 Å². The van der Waals surface area contributed by atoms with Crippen LogP contribution in [0, 0.1) is 0 Å². The van der Waals surface area contributed by atoms with Gasteiger partial charge in [0.25, 0.3) is 5.22 Å². The summed E-state index contributed by atoms with van der Waals surface area (Å²) in [5.74, 6) is 0.309. The molecular formula is C17H15ClN2O2S. The third-order valence-corrected chi connectivity index (χ3v) is 4.42. The fraction of sp³-hybridized carbons (Fsp3) is 0.176. The van der Waals surface area contributed by atoms with Crippen molar-refractivity contribution >= 4 is 40.4 Å². The van der Waals surface area contributed by atoms with Crippen molar-refractivity contribution in [3.05, 3.63) is 59.1 Å². The van der Waals surface area contributed by atoms with E-state index >= 15 is 0 Å². The molecule has 0 saturated heterocycles. The van der Waals surface area contributed by atoms with Crippen molar-refractivity contribution in [2.75, 3.05) is 12.8 Å². The van der Waals surface area contributed by atoms with Gasteiger partial charge >= 0.3 is 0 Å². The van der Waals surface area contributed by atoms with Gasteiger partial charge in [-0.05, 0) is 29.8 Å². The second kappa shape index (κ2) is 7.06. The van der Waals surface area contributed by atoms with E-state index in [9.17, 15) is 4.79 Å². The van der Waals surface area contributed by atoms with Crippen molar-refractivity contribution in [2.45, 2.75) is 11.8 Å². The fourth-order valence-electron chi connectivity index (χ4n) is 2.10. The Labute approximate surface area is 143 Å². The van der Waals surface area contributed by atoms with E-state index in [2.05, 4.69) is 4.98 Å². The predicted molar refractivity (Wildman–Crippen MR) is 92.7 cm³/mol. The Morgan fingerprint density at radius 2 is 1.96 bits per heavy atom. The van der Waals surface area contributed by atoms with Gasteiger partial charge in [-0.25, -0.2) is 4.98 Å². The van der Waals surface area contributed by atoms with Crippen LogP contribution in [-0.4, -0.2) is 28.6 Å². The molecule has 0 aliphatic carbocycles. The number of aromatic nitrogens is 1. The average Bonchev–Trinajstić information content (AvgIpc) is 2.97. The second-order valence-corrected chi connectivity index (χ2v) is 6.48. The van der Waals surface area contributed by atoms with Gasteiger partial charge in [-0.3, -0.25) is 4.79 Å². The Balaban J connectivity index is 1.56. The van der Waals surface area contributed by atoms with Gasteiger partial charge in [-0.2, -0.15) is 0 Å². The van der Waals surface area contributed by atoms with Crippen molar-refractivity contribution in [1.29, 1.82) is 0 Å². The molecule has 0 unspecified atom stereocenters. The number of hydrogen-bond acceptors (Lipinski definition) is 4. The number of hydrogen-bond donors (Lipinski definition) is 0. The lowest BCUT2D eigenvalue weighted by atomic mass is 10.2. The predicted octanol–water partition coefficient (Wildman–Crippen LogP) is 4.23. The highest BCUT2D eigenvalue weighted by atomic mass is 35.5. The summed E-state index contributed by atoms with van der Waals surface area (Å²) >= 11 is 7.17. The third-order valence-electron chi connectivity index (χ3n) is 3.35. The average molecular weight is 347 g/mol. The molecule has 0 atom stereocenters. The number of amides is 1. The molecule has 6 heteroatoms. The highest BCUT2D eigenvalue weighted by molar-refractivity contribution is 7.99. The molecule has 1 aromatic heterocycles. The van der Waals surface area contributed by atoms with Crippen LogP contribution in [-0.2, 0) is 11.3 Å². The normalized spacial score (nSPS) is 10.9. The quantitative estimate of drug-likeness (QED) is 0.648. The number of thioether (sulfide) groups is 1. The largest absolute Gasteiger partial charge is 0.431 e. The van der Waals surface area contributed by atoms with Gasteiger partial charge in [0.05, 0.1) is 5.75 Å². The van der Waals surface area contributed by atoms with Crippen LogP contribution in [0.25, 0.3) is 11.1 Å². The van der Waals surface area contributed by atoms with E-state index in [-0.39, 0.29) is 11.7 Å². The van der Waals surface area contributed by atoms with Crippen LogP contribution in [0.1, 0.15) is 5.56 Å². The summed E-state index contributed by atoms with van der Waals surface area (Å²) in [5, 5.41) is 1.20. The van der Waals surface area contributed by atoms with E-state index in [0.717, 1.165) is 16.7 Å². The highest BCUT2D eigenvalue weighted by Crippen LogP contribution is 2.23. The maximum absolute atomic E-state index is 12.2. The number of rotatable bonds is 5. The summed E-state index contributed by atoms with van der Waals surface area (Å²) < 4.78 is 5.60. The first kappa shape index (κ1) is 15.9.